The van der Waals surface area contributed by atoms with Gasteiger partial charge in [0.2, 0.25) is 0 Å². The molecule has 0 bridgehead atoms. The Bertz CT molecular complexity index is 1080. The number of alkyl halides is 1. The third-order valence-corrected chi connectivity index (χ3v) is 6.21. The van der Waals surface area contributed by atoms with Crippen LogP contribution in [0.25, 0.3) is 31.6 Å². The highest BCUT2D eigenvalue weighted by Gasteiger charge is 2.27. The summed E-state index contributed by atoms with van der Waals surface area (Å²) in [5.74, 6) is 0. The summed E-state index contributed by atoms with van der Waals surface area (Å²) in [4.78, 5) is 2.15. The van der Waals surface area contributed by atoms with Crippen molar-refractivity contribution in [3.63, 3.8) is 0 Å². The molecule has 0 amide bonds. The molecule has 5 rings (SSSR count). The Morgan fingerprint density at radius 2 is 2.08 bits per heavy atom. The fraction of sp³-hybridized carbons (Fsp3) is 0.368. The van der Waals surface area contributed by atoms with Crippen molar-refractivity contribution in [3.8, 4) is 10.4 Å². The van der Waals surface area contributed by atoms with Gasteiger partial charge in [-0.25, -0.2) is 4.39 Å². The number of piperidine rings is 1. The molecule has 1 aromatic carbocycles. The van der Waals surface area contributed by atoms with E-state index in [0.29, 0.717) is 6.54 Å². The Morgan fingerprint density at radius 3 is 2.88 bits per heavy atom. The number of fused-ring (bicyclic) bond motifs is 2. The molecule has 2 unspecified atom stereocenters. The molecular weight excluding hydrogens is 349 g/mol. The zero-order valence-electron chi connectivity index (χ0n) is 14.7. The second-order valence-electron chi connectivity index (χ2n) is 7.09. The summed E-state index contributed by atoms with van der Waals surface area (Å²) in [5, 5.41) is 14.5. The Hall–Kier alpha value is -2.25. The summed E-state index contributed by atoms with van der Waals surface area (Å²) in [6.45, 7) is 3.35. The lowest BCUT2D eigenvalue weighted by Gasteiger charge is -2.26. The summed E-state index contributed by atoms with van der Waals surface area (Å²) in [5.41, 5.74) is 3.40. The number of aryl methyl sites for hydroxylation is 2. The van der Waals surface area contributed by atoms with Crippen LogP contribution in [0.15, 0.2) is 30.6 Å². The van der Waals surface area contributed by atoms with Crippen LogP contribution in [0.2, 0.25) is 0 Å². The average Bonchev–Trinajstić information content (AvgIpc) is 3.27. The summed E-state index contributed by atoms with van der Waals surface area (Å²) >= 11 is 1.66. The Balaban J connectivity index is 1.53. The number of halogens is 1. The van der Waals surface area contributed by atoms with Gasteiger partial charge < -0.3 is 5.32 Å². The van der Waals surface area contributed by atoms with E-state index in [-0.39, 0.29) is 6.04 Å². The quantitative estimate of drug-likeness (QED) is 0.584. The van der Waals surface area contributed by atoms with Crippen molar-refractivity contribution in [2.24, 2.45) is 7.05 Å². The summed E-state index contributed by atoms with van der Waals surface area (Å²) in [7, 11) is 1.94. The molecule has 0 saturated carbocycles. The summed E-state index contributed by atoms with van der Waals surface area (Å²) in [6.07, 6.45) is 3.93. The minimum atomic E-state index is -0.882. The van der Waals surface area contributed by atoms with Crippen molar-refractivity contribution in [2.75, 3.05) is 13.1 Å². The molecular formula is C19H20FN5S. The molecule has 7 heteroatoms. The number of nitrogens with zero attached hydrogens (tertiary/aromatic N) is 4. The third kappa shape index (κ3) is 2.54. The highest BCUT2D eigenvalue weighted by molar-refractivity contribution is 7.21. The smallest absolute Gasteiger partial charge is 0.146 e. The summed E-state index contributed by atoms with van der Waals surface area (Å²) < 4.78 is 17.9. The second kappa shape index (κ2) is 5.89. The van der Waals surface area contributed by atoms with E-state index < -0.39 is 6.17 Å². The van der Waals surface area contributed by atoms with E-state index in [9.17, 15) is 4.39 Å². The van der Waals surface area contributed by atoms with E-state index in [2.05, 4.69) is 40.6 Å². The number of thiophene rings is 1. The maximum atomic E-state index is 14.2. The first-order valence-electron chi connectivity index (χ1n) is 8.86. The van der Waals surface area contributed by atoms with Gasteiger partial charge in [0, 0.05) is 41.6 Å². The minimum Gasteiger partial charge on any atom is -0.314 e. The predicted octanol–water partition coefficient (Wildman–Crippen LogP) is 3.83. The standard InChI is InChI=1S/C19H20FN5S/c1-11-5-12(6-13-9-24(2)22-18(11)13)17-7-14-10-25(23-19(14)26-17)16-3-4-21-8-15(16)20/h5-7,9-10,15-16,21H,3-4,8H2,1-2H3. The van der Waals surface area contributed by atoms with Crippen molar-refractivity contribution in [1.29, 1.82) is 0 Å². The SMILES string of the molecule is Cc1cc(-c2cc3cn(C4CCNCC4F)nc3s2)cc2cn(C)nc12. The first-order chi connectivity index (χ1) is 12.6. The number of rotatable bonds is 2. The molecule has 1 fully saturated rings. The molecule has 4 aromatic rings. The van der Waals surface area contributed by atoms with Crippen LogP contribution in [0.4, 0.5) is 4.39 Å². The Labute approximate surface area is 154 Å². The molecule has 26 heavy (non-hydrogen) atoms. The van der Waals surface area contributed by atoms with Gasteiger partial charge in [-0.1, -0.05) is 0 Å². The third-order valence-electron chi connectivity index (χ3n) is 5.13. The zero-order chi connectivity index (χ0) is 17.8. The van der Waals surface area contributed by atoms with E-state index in [1.54, 1.807) is 11.3 Å². The van der Waals surface area contributed by atoms with Crippen molar-refractivity contribution in [2.45, 2.75) is 25.6 Å². The molecule has 5 nitrogen and oxygen atoms in total. The molecule has 0 radical (unpaired) electrons. The van der Waals surface area contributed by atoms with Gasteiger partial charge in [0.05, 0.1) is 11.6 Å². The van der Waals surface area contributed by atoms with Crippen molar-refractivity contribution < 1.29 is 4.39 Å². The number of hydrogen-bond acceptors (Lipinski definition) is 4. The van der Waals surface area contributed by atoms with Gasteiger partial charge in [0.1, 0.15) is 11.0 Å². The molecule has 134 valence electrons. The van der Waals surface area contributed by atoms with Crippen molar-refractivity contribution in [3.05, 3.63) is 36.2 Å². The van der Waals surface area contributed by atoms with Crippen LogP contribution in [0, 0.1) is 6.92 Å². The summed E-state index contributed by atoms with van der Waals surface area (Å²) in [6, 6.07) is 6.36. The molecule has 4 heterocycles. The van der Waals surface area contributed by atoms with Crippen LogP contribution < -0.4 is 5.32 Å². The topological polar surface area (TPSA) is 47.7 Å². The molecule has 1 saturated heterocycles. The molecule has 1 aliphatic heterocycles. The van der Waals surface area contributed by atoms with Gasteiger partial charge >= 0.3 is 0 Å². The van der Waals surface area contributed by atoms with Crippen LogP contribution in [-0.4, -0.2) is 38.8 Å². The Morgan fingerprint density at radius 1 is 1.19 bits per heavy atom. The first-order valence-corrected chi connectivity index (χ1v) is 9.68. The number of nitrogens with one attached hydrogen (secondary N) is 1. The van der Waals surface area contributed by atoms with Crippen LogP contribution in [0.3, 0.4) is 0 Å². The maximum absolute atomic E-state index is 14.2. The number of hydrogen-bond donors (Lipinski definition) is 1. The lowest BCUT2D eigenvalue weighted by molar-refractivity contribution is 0.174. The molecule has 1 N–H and O–H groups in total. The minimum absolute atomic E-state index is 0.159. The highest BCUT2D eigenvalue weighted by atomic mass is 32.1. The lowest BCUT2D eigenvalue weighted by atomic mass is 10.1. The van der Waals surface area contributed by atoms with Gasteiger partial charge in [-0.15, -0.1) is 11.3 Å². The van der Waals surface area contributed by atoms with Crippen LogP contribution in [0.5, 0.6) is 0 Å². The predicted molar refractivity (Wildman–Crippen MR) is 103 cm³/mol. The van der Waals surface area contributed by atoms with E-state index in [4.69, 9.17) is 0 Å². The van der Waals surface area contributed by atoms with Crippen molar-refractivity contribution in [1.82, 2.24) is 24.9 Å². The van der Waals surface area contributed by atoms with E-state index >= 15 is 0 Å². The molecule has 3 aromatic heterocycles. The second-order valence-corrected chi connectivity index (χ2v) is 8.12. The zero-order valence-corrected chi connectivity index (χ0v) is 15.6. The fourth-order valence-corrected chi connectivity index (χ4v) is 4.83. The molecule has 1 aliphatic rings. The monoisotopic (exact) mass is 369 g/mol. The van der Waals surface area contributed by atoms with E-state index in [1.165, 1.54) is 16.0 Å². The molecule has 0 spiro atoms. The largest absolute Gasteiger partial charge is 0.314 e. The maximum Gasteiger partial charge on any atom is 0.146 e. The average molecular weight is 369 g/mol. The number of aromatic nitrogens is 4. The van der Waals surface area contributed by atoms with Crippen LogP contribution in [0.1, 0.15) is 18.0 Å². The van der Waals surface area contributed by atoms with Crippen LogP contribution >= 0.6 is 11.3 Å². The lowest BCUT2D eigenvalue weighted by Crippen LogP contribution is -2.39. The number of benzene rings is 1. The van der Waals surface area contributed by atoms with Crippen molar-refractivity contribution >= 4 is 32.5 Å². The van der Waals surface area contributed by atoms with E-state index in [1.807, 2.05) is 28.8 Å². The molecule has 0 aliphatic carbocycles. The van der Waals surface area contributed by atoms with Gasteiger partial charge in [0.15, 0.2) is 0 Å². The normalized spacial score (nSPS) is 21.0. The highest BCUT2D eigenvalue weighted by Crippen LogP contribution is 2.36. The molecule has 2 atom stereocenters. The first kappa shape index (κ1) is 16.0. The van der Waals surface area contributed by atoms with Gasteiger partial charge in [-0.2, -0.15) is 10.2 Å². The van der Waals surface area contributed by atoms with Gasteiger partial charge in [0.25, 0.3) is 0 Å². The fourth-order valence-electron chi connectivity index (χ4n) is 3.83. The van der Waals surface area contributed by atoms with E-state index in [0.717, 1.165) is 34.1 Å². The van der Waals surface area contributed by atoms with Gasteiger partial charge in [-0.05, 0) is 49.2 Å². The van der Waals surface area contributed by atoms with Gasteiger partial charge in [-0.3, -0.25) is 9.36 Å². The van der Waals surface area contributed by atoms with Crippen LogP contribution in [-0.2, 0) is 7.05 Å². The Kier molecular flexibility index (Phi) is 3.62.